The lowest BCUT2D eigenvalue weighted by molar-refractivity contribution is 0.587. The van der Waals surface area contributed by atoms with Crippen molar-refractivity contribution in [2.75, 3.05) is 0 Å². The van der Waals surface area contributed by atoms with E-state index < -0.39 is 0 Å². The number of para-hydroxylation sites is 3. The second-order valence-electron chi connectivity index (χ2n) is 11.4. The third kappa shape index (κ3) is 3.85. The largest absolute Gasteiger partial charge is 0.456 e. The minimum atomic E-state index is -0.0800. The zero-order valence-electron chi connectivity index (χ0n) is 22.7. The van der Waals surface area contributed by atoms with Crippen molar-refractivity contribution in [1.82, 2.24) is 9.55 Å². The number of aromatic nitrogens is 2. The van der Waals surface area contributed by atoms with Gasteiger partial charge in [0.15, 0.2) is 0 Å². The average Bonchev–Trinajstić information content (AvgIpc) is 3.52. The predicted molar refractivity (Wildman–Crippen MR) is 163 cm³/mol. The summed E-state index contributed by atoms with van der Waals surface area (Å²) in [6.45, 7) is 8.98. The quantitative estimate of drug-likeness (QED) is 0.239. The molecule has 0 N–H and O–H groups in total. The molecule has 0 saturated heterocycles. The van der Waals surface area contributed by atoms with Gasteiger partial charge in [-0.15, -0.1) is 0 Å². The fraction of sp³-hybridized carbons (Fsp3) is 0.139. The van der Waals surface area contributed by atoms with Crippen LogP contribution in [0.15, 0.2) is 114 Å². The molecule has 0 spiro atoms. The van der Waals surface area contributed by atoms with E-state index in [4.69, 9.17) is 9.40 Å². The van der Waals surface area contributed by atoms with Crippen LogP contribution >= 0.6 is 0 Å². The lowest BCUT2D eigenvalue weighted by atomic mass is 9.83. The molecule has 0 atom stereocenters. The molecule has 2 aromatic heterocycles. The van der Waals surface area contributed by atoms with Gasteiger partial charge in [-0.3, -0.25) is 4.57 Å². The minimum Gasteiger partial charge on any atom is -0.456 e. The fourth-order valence-corrected chi connectivity index (χ4v) is 5.73. The molecule has 0 aliphatic heterocycles. The molecule has 0 fully saturated rings. The lowest BCUT2D eigenvalue weighted by Crippen LogP contribution is -2.16. The van der Waals surface area contributed by atoms with Crippen molar-refractivity contribution in [3.05, 3.63) is 120 Å². The van der Waals surface area contributed by atoms with Crippen LogP contribution in [0.25, 0.3) is 61.2 Å². The van der Waals surface area contributed by atoms with Gasteiger partial charge in [-0.2, -0.15) is 0 Å². The van der Waals surface area contributed by atoms with Crippen LogP contribution in [0.2, 0.25) is 0 Å². The van der Waals surface area contributed by atoms with Gasteiger partial charge in [0.05, 0.1) is 16.7 Å². The van der Waals surface area contributed by atoms with Crippen LogP contribution < -0.4 is 0 Å². The van der Waals surface area contributed by atoms with Crippen molar-refractivity contribution in [2.45, 2.75) is 33.1 Å². The molecule has 0 unspecified atom stereocenters. The van der Waals surface area contributed by atoms with Gasteiger partial charge < -0.3 is 4.42 Å². The number of hydrogen-bond acceptors (Lipinski definition) is 2. The molecule has 0 aliphatic rings. The number of aryl methyl sites for hydroxylation is 1. The van der Waals surface area contributed by atoms with E-state index in [2.05, 4.69) is 129 Å². The first-order valence-electron chi connectivity index (χ1n) is 13.5. The van der Waals surface area contributed by atoms with Crippen LogP contribution in [0.5, 0.6) is 0 Å². The number of furan rings is 1. The van der Waals surface area contributed by atoms with Gasteiger partial charge in [0.2, 0.25) is 0 Å². The smallest absolute Gasteiger partial charge is 0.145 e. The number of hydrogen-bond donors (Lipinski definition) is 0. The molecule has 5 aromatic carbocycles. The number of fused-ring (bicyclic) bond motifs is 4. The Hall–Kier alpha value is -4.63. The van der Waals surface area contributed by atoms with E-state index in [0.29, 0.717) is 0 Å². The molecular formula is C36H30N2O. The zero-order chi connectivity index (χ0) is 26.7. The summed E-state index contributed by atoms with van der Waals surface area (Å²) in [4.78, 5) is 5.21. The van der Waals surface area contributed by atoms with Gasteiger partial charge >= 0.3 is 0 Å². The van der Waals surface area contributed by atoms with Crippen LogP contribution in [0.3, 0.4) is 0 Å². The minimum absolute atomic E-state index is 0.0800. The highest BCUT2D eigenvalue weighted by atomic mass is 16.3. The fourth-order valence-electron chi connectivity index (χ4n) is 5.73. The standard InChI is InChI=1S/C36H30N2O/c1-23-20-26(21-28-27-14-8-11-17-33(27)39-34(23)28)35-37-30-15-9-10-16-32(30)38(35)31-19-18-25(22-29(31)36(2,3)4)24-12-6-5-7-13-24/h5-22H,1-4H3. The van der Waals surface area contributed by atoms with Crippen molar-refractivity contribution >= 4 is 33.0 Å². The molecule has 3 nitrogen and oxygen atoms in total. The van der Waals surface area contributed by atoms with Gasteiger partial charge in [-0.25, -0.2) is 4.98 Å². The second kappa shape index (κ2) is 8.71. The van der Waals surface area contributed by atoms with Gasteiger partial charge in [-0.05, 0) is 77.1 Å². The van der Waals surface area contributed by atoms with Crippen LogP contribution in [-0.2, 0) is 5.41 Å². The number of rotatable bonds is 3. The Bertz CT molecular complexity index is 2000. The zero-order valence-corrected chi connectivity index (χ0v) is 22.7. The Morgan fingerprint density at radius 2 is 1.41 bits per heavy atom. The van der Waals surface area contributed by atoms with E-state index in [1.807, 2.05) is 12.1 Å². The molecular weight excluding hydrogens is 476 g/mol. The molecule has 7 rings (SSSR count). The predicted octanol–water partition coefficient (Wildman–Crippen LogP) is 9.86. The van der Waals surface area contributed by atoms with Crippen LogP contribution in [-0.4, -0.2) is 9.55 Å². The summed E-state index contributed by atoms with van der Waals surface area (Å²) in [6.07, 6.45) is 0. The summed E-state index contributed by atoms with van der Waals surface area (Å²) in [7, 11) is 0. The molecule has 0 amide bonds. The summed E-state index contributed by atoms with van der Waals surface area (Å²) in [6, 6.07) is 38.6. The van der Waals surface area contributed by atoms with Crippen molar-refractivity contribution in [2.24, 2.45) is 0 Å². The normalized spacial score (nSPS) is 12.1. The van der Waals surface area contributed by atoms with E-state index in [9.17, 15) is 0 Å². The first-order valence-corrected chi connectivity index (χ1v) is 13.5. The molecule has 0 radical (unpaired) electrons. The molecule has 0 bridgehead atoms. The van der Waals surface area contributed by atoms with E-state index in [1.54, 1.807) is 0 Å². The Morgan fingerprint density at radius 3 is 2.23 bits per heavy atom. The maximum atomic E-state index is 6.24. The van der Waals surface area contributed by atoms with Crippen molar-refractivity contribution < 1.29 is 4.42 Å². The highest BCUT2D eigenvalue weighted by molar-refractivity contribution is 6.07. The number of imidazole rings is 1. The SMILES string of the molecule is Cc1cc(-c2nc3ccccc3n2-c2ccc(-c3ccccc3)cc2C(C)(C)C)cc2c1oc1ccccc12. The summed E-state index contributed by atoms with van der Waals surface area (Å²) in [5.41, 5.74) is 10.9. The molecule has 39 heavy (non-hydrogen) atoms. The molecule has 190 valence electrons. The first-order chi connectivity index (χ1) is 18.9. The highest BCUT2D eigenvalue weighted by Gasteiger charge is 2.24. The van der Waals surface area contributed by atoms with Gasteiger partial charge in [0.25, 0.3) is 0 Å². The second-order valence-corrected chi connectivity index (χ2v) is 11.4. The van der Waals surface area contributed by atoms with Gasteiger partial charge in [0, 0.05) is 16.3 Å². The summed E-state index contributed by atoms with van der Waals surface area (Å²) < 4.78 is 8.58. The van der Waals surface area contributed by atoms with E-state index in [1.165, 1.54) is 16.7 Å². The highest BCUT2D eigenvalue weighted by Crippen LogP contribution is 2.39. The van der Waals surface area contributed by atoms with Crippen LogP contribution in [0.1, 0.15) is 31.9 Å². The van der Waals surface area contributed by atoms with Crippen molar-refractivity contribution in [3.63, 3.8) is 0 Å². The van der Waals surface area contributed by atoms with Crippen LogP contribution in [0, 0.1) is 6.92 Å². The Kier molecular flexibility index (Phi) is 5.24. The molecule has 3 heteroatoms. The van der Waals surface area contributed by atoms with Gasteiger partial charge in [-0.1, -0.05) is 87.5 Å². The topological polar surface area (TPSA) is 31.0 Å². The lowest BCUT2D eigenvalue weighted by Gasteiger charge is -2.25. The van der Waals surface area contributed by atoms with E-state index >= 15 is 0 Å². The van der Waals surface area contributed by atoms with E-state index in [0.717, 1.165) is 55.6 Å². The Morgan fingerprint density at radius 1 is 0.667 bits per heavy atom. The summed E-state index contributed by atoms with van der Waals surface area (Å²) in [5.74, 6) is 0.935. The Balaban J connectivity index is 1.53. The van der Waals surface area contributed by atoms with Crippen molar-refractivity contribution in [3.8, 4) is 28.2 Å². The number of benzene rings is 5. The Labute approximate surface area is 228 Å². The third-order valence-electron chi connectivity index (χ3n) is 7.64. The molecule has 2 heterocycles. The molecule has 0 aliphatic carbocycles. The molecule has 7 aromatic rings. The first kappa shape index (κ1) is 23.5. The summed E-state index contributed by atoms with van der Waals surface area (Å²) >= 11 is 0. The summed E-state index contributed by atoms with van der Waals surface area (Å²) in [5, 5.41) is 2.25. The average molecular weight is 507 g/mol. The maximum absolute atomic E-state index is 6.24. The monoisotopic (exact) mass is 506 g/mol. The van der Waals surface area contributed by atoms with Crippen molar-refractivity contribution in [1.29, 1.82) is 0 Å². The van der Waals surface area contributed by atoms with E-state index in [-0.39, 0.29) is 5.41 Å². The van der Waals surface area contributed by atoms with Crippen LogP contribution in [0.4, 0.5) is 0 Å². The maximum Gasteiger partial charge on any atom is 0.145 e. The van der Waals surface area contributed by atoms with Gasteiger partial charge in [0.1, 0.15) is 17.0 Å². The number of nitrogens with zero attached hydrogens (tertiary/aromatic N) is 2. The third-order valence-corrected chi connectivity index (χ3v) is 7.64. The molecule has 0 saturated carbocycles.